The third-order valence-electron chi connectivity index (χ3n) is 3.03. The number of nitrogens with one attached hydrogen (secondary N) is 1. The Balaban J connectivity index is 2.23. The van der Waals surface area contributed by atoms with Gasteiger partial charge in [0.1, 0.15) is 0 Å². The molecule has 1 saturated carbocycles. The van der Waals surface area contributed by atoms with Gasteiger partial charge in [-0.15, -0.1) is 0 Å². The first-order valence-corrected chi connectivity index (χ1v) is 6.28. The molecule has 0 aromatic heterocycles. The summed E-state index contributed by atoms with van der Waals surface area (Å²) in [6, 6.07) is 3.09. The van der Waals surface area contributed by atoms with Gasteiger partial charge in [0.25, 0.3) is 0 Å². The van der Waals surface area contributed by atoms with Crippen LogP contribution in [-0.2, 0) is 0 Å². The molecular formula is C12H13BrFNO2. The van der Waals surface area contributed by atoms with Crippen LogP contribution in [0.2, 0.25) is 0 Å². The lowest BCUT2D eigenvalue weighted by Crippen LogP contribution is -2.18. The fourth-order valence-electron chi connectivity index (χ4n) is 1.79. The molecule has 1 aliphatic rings. The molecule has 0 heterocycles. The van der Waals surface area contributed by atoms with Crippen LogP contribution in [0.5, 0.6) is 0 Å². The highest BCUT2D eigenvalue weighted by Crippen LogP contribution is 2.35. The number of benzene rings is 1. The number of carbonyl (C=O) groups is 1. The van der Waals surface area contributed by atoms with Gasteiger partial charge in [0.05, 0.1) is 15.7 Å². The van der Waals surface area contributed by atoms with Gasteiger partial charge in [-0.2, -0.15) is 0 Å². The van der Waals surface area contributed by atoms with Gasteiger partial charge >= 0.3 is 5.97 Å². The second kappa shape index (κ2) is 4.64. The molecule has 0 radical (unpaired) electrons. The van der Waals surface area contributed by atoms with Gasteiger partial charge in [-0.1, -0.05) is 0 Å². The van der Waals surface area contributed by atoms with Crippen LogP contribution in [0, 0.1) is 11.7 Å². The number of carboxylic acid groups (broad SMARTS) is 1. The predicted molar refractivity (Wildman–Crippen MR) is 66.9 cm³/mol. The molecule has 1 aromatic carbocycles. The van der Waals surface area contributed by atoms with Crippen molar-refractivity contribution in [3.63, 3.8) is 0 Å². The monoisotopic (exact) mass is 301 g/mol. The molecule has 0 spiro atoms. The third kappa shape index (κ3) is 2.60. The fourth-order valence-corrected chi connectivity index (χ4v) is 2.30. The summed E-state index contributed by atoms with van der Waals surface area (Å²) in [7, 11) is 0. The zero-order chi connectivity index (χ0) is 12.6. The van der Waals surface area contributed by atoms with E-state index >= 15 is 0 Å². The van der Waals surface area contributed by atoms with Crippen LogP contribution in [0.1, 0.15) is 30.1 Å². The van der Waals surface area contributed by atoms with E-state index in [1.165, 1.54) is 25.0 Å². The molecule has 2 rings (SSSR count). The van der Waals surface area contributed by atoms with Gasteiger partial charge in [-0.25, -0.2) is 9.18 Å². The van der Waals surface area contributed by atoms with E-state index in [4.69, 9.17) is 5.11 Å². The minimum Gasteiger partial charge on any atom is -0.478 e. The maximum Gasteiger partial charge on any atom is 0.336 e. The summed E-state index contributed by atoms with van der Waals surface area (Å²) in [4.78, 5) is 10.8. The lowest BCUT2D eigenvalue weighted by Gasteiger charge is -2.16. The van der Waals surface area contributed by atoms with Crippen LogP contribution in [0.15, 0.2) is 16.6 Å². The first-order valence-electron chi connectivity index (χ1n) is 5.48. The van der Waals surface area contributed by atoms with Crippen molar-refractivity contribution in [3.8, 4) is 0 Å². The topological polar surface area (TPSA) is 49.3 Å². The first-order chi connectivity index (χ1) is 8.00. The standard InChI is InChI=1S/C12H13BrFNO2/c1-6(7-2-3-7)15-9-5-4-8(12(16)17)10(13)11(9)14/h4-7,15H,2-3H2,1H3,(H,16,17). The van der Waals surface area contributed by atoms with Gasteiger partial charge in [0.15, 0.2) is 5.82 Å². The highest BCUT2D eigenvalue weighted by molar-refractivity contribution is 9.10. The number of hydrogen-bond acceptors (Lipinski definition) is 2. The van der Waals surface area contributed by atoms with Crippen LogP contribution >= 0.6 is 15.9 Å². The van der Waals surface area contributed by atoms with E-state index in [2.05, 4.69) is 21.2 Å². The highest BCUT2D eigenvalue weighted by atomic mass is 79.9. The van der Waals surface area contributed by atoms with Crippen molar-refractivity contribution in [2.75, 3.05) is 5.32 Å². The zero-order valence-corrected chi connectivity index (χ0v) is 10.9. The molecule has 17 heavy (non-hydrogen) atoms. The Morgan fingerprint density at radius 3 is 2.76 bits per heavy atom. The SMILES string of the molecule is CC(Nc1ccc(C(=O)O)c(Br)c1F)C1CC1. The van der Waals surface area contributed by atoms with Gasteiger partial charge in [0, 0.05) is 6.04 Å². The molecule has 1 atom stereocenters. The van der Waals surface area contributed by atoms with Crippen LogP contribution in [0.25, 0.3) is 0 Å². The molecule has 92 valence electrons. The van der Waals surface area contributed by atoms with E-state index < -0.39 is 11.8 Å². The lowest BCUT2D eigenvalue weighted by atomic mass is 10.1. The largest absolute Gasteiger partial charge is 0.478 e. The molecule has 0 amide bonds. The van der Waals surface area contributed by atoms with Crippen LogP contribution in [0.3, 0.4) is 0 Å². The second-order valence-corrected chi connectivity index (χ2v) is 5.16. The van der Waals surface area contributed by atoms with Crippen molar-refractivity contribution in [1.29, 1.82) is 0 Å². The second-order valence-electron chi connectivity index (χ2n) is 4.36. The summed E-state index contributed by atoms with van der Waals surface area (Å²) in [6.45, 7) is 2.01. The summed E-state index contributed by atoms with van der Waals surface area (Å²) < 4.78 is 13.9. The normalized spacial score (nSPS) is 16.6. The molecule has 1 fully saturated rings. The fraction of sp³-hybridized carbons (Fsp3) is 0.417. The Kier molecular flexibility index (Phi) is 3.38. The van der Waals surface area contributed by atoms with E-state index in [1.807, 2.05) is 6.92 Å². The van der Waals surface area contributed by atoms with E-state index in [0.717, 1.165) is 0 Å². The van der Waals surface area contributed by atoms with E-state index in [-0.39, 0.29) is 16.1 Å². The number of carboxylic acids is 1. The Morgan fingerprint density at radius 1 is 1.59 bits per heavy atom. The lowest BCUT2D eigenvalue weighted by molar-refractivity contribution is 0.0695. The van der Waals surface area contributed by atoms with Gasteiger partial charge < -0.3 is 10.4 Å². The van der Waals surface area contributed by atoms with E-state index in [9.17, 15) is 9.18 Å². The van der Waals surface area contributed by atoms with Crippen molar-refractivity contribution in [1.82, 2.24) is 0 Å². The molecule has 3 nitrogen and oxygen atoms in total. The zero-order valence-electron chi connectivity index (χ0n) is 9.34. The van der Waals surface area contributed by atoms with Crippen molar-refractivity contribution < 1.29 is 14.3 Å². The van der Waals surface area contributed by atoms with Crippen LogP contribution in [0.4, 0.5) is 10.1 Å². The highest BCUT2D eigenvalue weighted by Gasteiger charge is 2.28. The number of rotatable bonds is 4. The maximum absolute atomic E-state index is 13.9. The Morgan fingerprint density at radius 2 is 2.24 bits per heavy atom. The number of aromatic carboxylic acids is 1. The predicted octanol–water partition coefficient (Wildman–Crippen LogP) is 3.50. The molecule has 1 unspecified atom stereocenters. The average molecular weight is 302 g/mol. The number of halogens is 2. The van der Waals surface area contributed by atoms with Crippen molar-refractivity contribution in [2.45, 2.75) is 25.8 Å². The number of hydrogen-bond donors (Lipinski definition) is 2. The Labute approximate surface area is 107 Å². The average Bonchev–Trinajstić information content (AvgIpc) is 3.08. The molecule has 2 N–H and O–H groups in total. The summed E-state index contributed by atoms with van der Waals surface area (Å²) >= 11 is 2.98. The van der Waals surface area contributed by atoms with Crippen molar-refractivity contribution in [2.24, 2.45) is 5.92 Å². The minimum atomic E-state index is -1.14. The van der Waals surface area contributed by atoms with Gasteiger partial charge in [0.2, 0.25) is 0 Å². The van der Waals surface area contributed by atoms with E-state index in [1.54, 1.807) is 0 Å². The van der Waals surface area contributed by atoms with Crippen molar-refractivity contribution >= 4 is 27.6 Å². The molecule has 5 heteroatoms. The molecular weight excluding hydrogens is 289 g/mol. The molecule has 0 aliphatic heterocycles. The number of anilines is 1. The van der Waals surface area contributed by atoms with Crippen LogP contribution < -0.4 is 5.32 Å². The smallest absolute Gasteiger partial charge is 0.336 e. The maximum atomic E-state index is 13.9. The van der Waals surface area contributed by atoms with Crippen molar-refractivity contribution in [3.05, 3.63) is 28.0 Å². The summed E-state index contributed by atoms with van der Waals surface area (Å²) in [5.74, 6) is -1.08. The summed E-state index contributed by atoms with van der Waals surface area (Å²) in [5, 5.41) is 11.9. The molecule has 1 aliphatic carbocycles. The molecule has 1 aromatic rings. The first kappa shape index (κ1) is 12.4. The Bertz CT molecular complexity index is 460. The summed E-state index contributed by atoms with van der Waals surface area (Å²) in [6.07, 6.45) is 2.34. The van der Waals surface area contributed by atoms with Crippen LogP contribution in [-0.4, -0.2) is 17.1 Å². The third-order valence-corrected chi connectivity index (χ3v) is 3.80. The molecule has 0 saturated heterocycles. The minimum absolute atomic E-state index is 0.00185. The van der Waals surface area contributed by atoms with Gasteiger partial charge in [-0.05, 0) is 53.7 Å². The van der Waals surface area contributed by atoms with E-state index in [0.29, 0.717) is 11.6 Å². The Hall–Kier alpha value is -1.10. The summed E-state index contributed by atoms with van der Waals surface area (Å²) in [5.41, 5.74) is 0.286. The van der Waals surface area contributed by atoms with Gasteiger partial charge in [-0.3, -0.25) is 0 Å². The quantitative estimate of drug-likeness (QED) is 0.895. The molecule has 0 bridgehead atoms.